The minimum atomic E-state index is -1.33. The fourth-order valence-electron chi connectivity index (χ4n) is 7.86. The maximum absolute atomic E-state index is 14.8. The number of carbonyl (C=O) groups excluding carboxylic acids is 3. The van der Waals surface area contributed by atoms with Gasteiger partial charge in [0.1, 0.15) is 23.1 Å². The van der Waals surface area contributed by atoms with Crippen LogP contribution in [0, 0.1) is 11.8 Å². The molecule has 0 saturated carbocycles. The van der Waals surface area contributed by atoms with Crippen LogP contribution in [0.2, 0.25) is 0 Å². The van der Waals surface area contributed by atoms with Crippen LogP contribution in [0.15, 0.2) is 72.8 Å². The molecule has 0 radical (unpaired) electrons. The average Bonchev–Trinajstić information content (AvgIpc) is 3.37. The standard InChI is InChI=1S/C37H45N3O7/c1-4-36-20-10-23-38(26-14-18-29(19-15-26)46-5-2)33(42)30(36)31-34(43)40(22-8-6-7-9-25-41)32-35(44)39(24-11-21-37(31,32)47-36)27-12-16-28(45-3)17-13-27/h10-21,30-32,41H,4-9,22-25H2,1-3H3/t30-,31-,32?,36+,37-/m0/s1. The van der Waals surface area contributed by atoms with Crippen LogP contribution in [-0.2, 0) is 19.1 Å². The van der Waals surface area contributed by atoms with E-state index in [4.69, 9.17) is 14.2 Å². The second-order valence-electron chi connectivity index (χ2n) is 12.6. The number of unbranched alkanes of at least 4 members (excludes halogenated alkanes) is 3. The number of hydrogen-bond acceptors (Lipinski definition) is 7. The lowest BCUT2D eigenvalue weighted by Crippen LogP contribution is -2.56. The first kappa shape index (κ1) is 32.8. The Labute approximate surface area is 276 Å². The molecule has 3 amide bonds. The number of nitrogens with zero attached hydrogens (tertiary/aromatic N) is 3. The Hall–Kier alpha value is -4.15. The van der Waals surface area contributed by atoms with Crippen LogP contribution in [-0.4, -0.2) is 84.9 Å². The smallest absolute Gasteiger partial charge is 0.253 e. The van der Waals surface area contributed by atoms with Gasteiger partial charge in [-0.2, -0.15) is 0 Å². The van der Waals surface area contributed by atoms with Gasteiger partial charge >= 0.3 is 0 Å². The van der Waals surface area contributed by atoms with E-state index in [0.29, 0.717) is 68.4 Å². The number of aliphatic hydroxyl groups excluding tert-OH is 1. The van der Waals surface area contributed by atoms with Crippen molar-refractivity contribution in [1.29, 1.82) is 0 Å². The number of benzene rings is 2. The highest BCUT2D eigenvalue weighted by Crippen LogP contribution is 2.59. The number of likely N-dealkylation sites (tertiary alicyclic amines) is 1. The molecule has 4 aliphatic heterocycles. The zero-order valence-corrected chi connectivity index (χ0v) is 27.5. The molecule has 6 rings (SSSR count). The maximum Gasteiger partial charge on any atom is 0.253 e. The van der Waals surface area contributed by atoms with Gasteiger partial charge in [-0.3, -0.25) is 14.4 Å². The summed E-state index contributed by atoms with van der Waals surface area (Å²) in [5, 5.41) is 9.27. The van der Waals surface area contributed by atoms with Gasteiger partial charge in [-0.15, -0.1) is 0 Å². The molecule has 2 saturated heterocycles. The van der Waals surface area contributed by atoms with Crippen molar-refractivity contribution in [3.8, 4) is 11.5 Å². The summed E-state index contributed by atoms with van der Waals surface area (Å²) >= 11 is 0. The van der Waals surface area contributed by atoms with E-state index in [0.717, 1.165) is 12.8 Å². The zero-order chi connectivity index (χ0) is 33.2. The third-order valence-electron chi connectivity index (χ3n) is 10.1. The summed E-state index contributed by atoms with van der Waals surface area (Å²) in [5.41, 5.74) is -1.01. The van der Waals surface area contributed by atoms with E-state index in [-0.39, 0.29) is 24.3 Å². The molecule has 0 aliphatic carbocycles. The molecule has 5 atom stereocenters. The predicted octanol–water partition coefficient (Wildman–Crippen LogP) is 4.51. The number of methoxy groups -OCH3 is 1. The van der Waals surface area contributed by atoms with Gasteiger partial charge < -0.3 is 34.0 Å². The van der Waals surface area contributed by atoms with Gasteiger partial charge in [0.2, 0.25) is 11.8 Å². The van der Waals surface area contributed by atoms with Crippen molar-refractivity contribution in [1.82, 2.24) is 4.90 Å². The van der Waals surface area contributed by atoms with Gasteiger partial charge in [-0.05, 0) is 74.7 Å². The number of anilines is 2. The summed E-state index contributed by atoms with van der Waals surface area (Å²) in [6, 6.07) is 13.8. The molecule has 10 nitrogen and oxygen atoms in total. The van der Waals surface area contributed by atoms with Crippen LogP contribution in [0.1, 0.15) is 46.0 Å². The monoisotopic (exact) mass is 643 g/mol. The molecular weight excluding hydrogens is 598 g/mol. The van der Waals surface area contributed by atoms with Crippen molar-refractivity contribution in [3.63, 3.8) is 0 Å². The minimum absolute atomic E-state index is 0.117. The van der Waals surface area contributed by atoms with Crippen molar-refractivity contribution in [2.24, 2.45) is 11.8 Å². The van der Waals surface area contributed by atoms with Gasteiger partial charge in [0, 0.05) is 37.6 Å². The number of amides is 3. The van der Waals surface area contributed by atoms with Crippen LogP contribution in [0.5, 0.6) is 11.5 Å². The molecule has 4 aliphatic rings. The third kappa shape index (κ3) is 5.61. The Balaban J connectivity index is 1.41. The van der Waals surface area contributed by atoms with Crippen molar-refractivity contribution in [3.05, 3.63) is 72.8 Å². The van der Waals surface area contributed by atoms with Crippen LogP contribution in [0.4, 0.5) is 11.4 Å². The normalized spacial score (nSPS) is 28.2. The van der Waals surface area contributed by atoms with Gasteiger partial charge in [0.25, 0.3) is 5.91 Å². The highest BCUT2D eigenvalue weighted by molar-refractivity contribution is 6.07. The second kappa shape index (κ2) is 13.5. The van der Waals surface area contributed by atoms with E-state index in [1.165, 1.54) is 0 Å². The summed E-state index contributed by atoms with van der Waals surface area (Å²) in [5.74, 6) is -1.01. The Morgan fingerprint density at radius 1 is 0.787 bits per heavy atom. The minimum Gasteiger partial charge on any atom is -0.497 e. The molecule has 10 heteroatoms. The zero-order valence-electron chi connectivity index (χ0n) is 27.5. The fourth-order valence-corrected chi connectivity index (χ4v) is 7.86. The molecule has 1 unspecified atom stereocenters. The molecule has 0 bridgehead atoms. The first-order chi connectivity index (χ1) is 22.8. The number of fused-ring (bicyclic) bond motifs is 2. The highest BCUT2D eigenvalue weighted by Gasteiger charge is 2.75. The van der Waals surface area contributed by atoms with E-state index in [2.05, 4.69) is 0 Å². The number of ether oxygens (including phenoxy) is 3. The highest BCUT2D eigenvalue weighted by atomic mass is 16.5. The number of rotatable bonds is 12. The Morgan fingerprint density at radius 3 is 2.02 bits per heavy atom. The Kier molecular flexibility index (Phi) is 9.43. The first-order valence-electron chi connectivity index (χ1n) is 16.8. The van der Waals surface area contributed by atoms with Gasteiger partial charge in [0.05, 0.1) is 31.2 Å². The molecule has 2 fully saturated rings. The second-order valence-corrected chi connectivity index (χ2v) is 12.6. The molecule has 0 aromatic heterocycles. The lowest BCUT2D eigenvalue weighted by molar-refractivity contribution is -0.145. The summed E-state index contributed by atoms with van der Waals surface area (Å²) < 4.78 is 18.1. The SMILES string of the molecule is CCOc1ccc(N2CC=C[C@@]3(CC)O[C@]45C=CCN(c6ccc(OC)cc6)C(=O)C4N(CCCCCCO)C(=O)[C@@H]5[C@H]3C2=O)cc1. The summed E-state index contributed by atoms with van der Waals surface area (Å²) in [6.45, 7) is 5.53. The lowest BCUT2D eigenvalue weighted by Gasteiger charge is -2.38. The first-order valence-corrected chi connectivity index (χ1v) is 16.8. The number of hydrogen-bond donors (Lipinski definition) is 1. The quantitative estimate of drug-likeness (QED) is 0.268. The van der Waals surface area contributed by atoms with Crippen molar-refractivity contribution < 1.29 is 33.7 Å². The molecule has 2 aromatic carbocycles. The topological polar surface area (TPSA) is 109 Å². The predicted molar refractivity (Wildman–Crippen MR) is 178 cm³/mol. The van der Waals surface area contributed by atoms with E-state index in [1.54, 1.807) is 21.8 Å². The molecule has 1 spiro atoms. The average molecular weight is 644 g/mol. The van der Waals surface area contributed by atoms with Gasteiger partial charge in [-0.25, -0.2) is 0 Å². The number of aliphatic hydroxyl groups is 1. The van der Waals surface area contributed by atoms with Crippen LogP contribution < -0.4 is 19.3 Å². The molecule has 1 N–H and O–H groups in total. The maximum atomic E-state index is 14.8. The molecule has 2 aromatic rings. The molecule has 250 valence electrons. The van der Waals surface area contributed by atoms with Crippen LogP contribution in [0.25, 0.3) is 0 Å². The van der Waals surface area contributed by atoms with Crippen molar-refractivity contribution in [2.45, 2.75) is 63.2 Å². The van der Waals surface area contributed by atoms with E-state index in [1.807, 2.05) is 86.7 Å². The lowest BCUT2D eigenvalue weighted by atomic mass is 9.73. The van der Waals surface area contributed by atoms with Gasteiger partial charge in [0.15, 0.2) is 0 Å². The molecular formula is C37H45N3O7. The summed E-state index contributed by atoms with van der Waals surface area (Å²) in [6.07, 6.45) is 11.1. The third-order valence-corrected chi connectivity index (χ3v) is 10.1. The fraction of sp³-hybridized carbons (Fsp3) is 0.486. The van der Waals surface area contributed by atoms with Crippen molar-refractivity contribution >= 4 is 29.1 Å². The summed E-state index contributed by atoms with van der Waals surface area (Å²) in [7, 11) is 1.59. The van der Waals surface area contributed by atoms with Crippen molar-refractivity contribution in [2.75, 3.05) is 49.8 Å². The van der Waals surface area contributed by atoms with E-state index in [9.17, 15) is 19.5 Å². The molecule has 4 heterocycles. The Morgan fingerprint density at radius 2 is 1.40 bits per heavy atom. The Bertz CT molecular complexity index is 1520. The number of carbonyl (C=O) groups is 3. The van der Waals surface area contributed by atoms with E-state index < -0.39 is 29.1 Å². The van der Waals surface area contributed by atoms with Crippen LogP contribution in [0.3, 0.4) is 0 Å². The largest absolute Gasteiger partial charge is 0.497 e. The molecule has 47 heavy (non-hydrogen) atoms. The van der Waals surface area contributed by atoms with Crippen LogP contribution >= 0.6 is 0 Å². The van der Waals surface area contributed by atoms with Gasteiger partial charge in [-0.1, -0.05) is 44.1 Å². The van der Waals surface area contributed by atoms with E-state index >= 15 is 0 Å². The summed E-state index contributed by atoms with van der Waals surface area (Å²) in [4.78, 5) is 49.3.